The summed E-state index contributed by atoms with van der Waals surface area (Å²) in [7, 11) is 0. The molecule has 0 radical (unpaired) electrons. The second-order valence-electron chi connectivity index (χ2n) is 5.11. The van der Waals surface area contributed by atoms with Gasteiger partial charge < -0.3 is 10.4 Å². The molecule has 4 nitrogen and oxygen atoms in total. The number of aryl methyl sites for hydroxylation is 1. The average Bonchev–Trinajstić information content (AvgIpc) is 2.86. The Balaban J connectivity index is 1.89. The van der Waals surface area contributed by atoms with Crippen LogP contribution < -0.4 is 5.32 Å². The molecule has 1 aromatic heterocycles. The summed E-state index contributed by atoms with van der Waals surface area (Å²) in [6.07, 6.45) is 0.551. The normalized spacial score (nSPS) is 12.1. The van der Waals surface area contributed by atoms with E-state index in [-0.39, 0.29) is 12.0 Å². The summed E-state index contributed by atoms with van der Waals surface area (Å²) in [5, 5.41) is 15.0. The van der Waals surface area contributed by atoms with Crippen molar-refractivity contribution in [2.45, 2.75) is 32.8 Å². The highest BCUT2D eigenvalue weighted by Crippen LogP contribution is 2.21. The Morgan fingerprint density at radius 3 is 2.67 bits per heavy atom. The number of carbonyl (C=O) groups is 1. The molecule has 0 saturated heterocycles. The number of carbonyl (C=O) groups excluding carboxylic acids is 1. The highest BCUT2D eigenvalue weighted by Gasteiger charge is 2.06. The molecule has 0 aliphatic rings. The molecule has 0 aliphatic carbocycles. The average molecular weight is 304 g/mol. The van der Waals surface area contributed by atoms with Crippen LogP contribution >= 0.6 is 11.3 Å². The molecule has 1 amide bonds. The predicted octanol–water partition coefficient (Wildman–Crippen LogP) is 2.55. The van der Waals surface area contributed by atoms with Gasteiger partial charge in [-0.25, -0.2) is 4.98 Å². The minimum absolute atomic E-state index is 0.0205. The monoisotopic (exact) mass is 304 g/mol. The lowest BCUT2D eigenvalue weighted by atomic mass is 10.1. The molecule has 1 atom stereocenters. The van der Waals surface area contributed by atoms with Crippen molar-refractivity contribution in [2.24, 2.45) is 0 Å². The fourth-order valence-electron chi connectivity index (χ4n) is 1.96. The quantitative estimate of drug-likeness (QED) is 0.862. The number of nitrogens with zero attached hydrogens (tertiary/aromatic N) is 1. The van der Waals surface area contributed by atoms with Crippen LogP contribution in [0.1, 0.15) is 23.9 Å². The van der Waals surface area contributed by atoms with Crippen molar-refractivity contribution in [3.63, 3.8) is 0 Å². The zero-order valence-electron chi connectivity index (χ0n) is 12.3. The van der Waals surface area contributed by atoms with E-state index in [1.54, 1.807) is 18.3 Å². The number of rotatable bonds is 6. The number of aliphatic hydroxyl groups excluding tert-OH is 1. The van der Waals surface area contributed by atoms with E-state index in [0.29, 0.717) is 19.4 Å². The molecule has 21 heavy (non-hydrogen) atoms. The first-order valence-corrected chi connectivity index (χ1v) is 7.89. The fourth-order valence-corrected chi connectivity index (χ4v) is 2.58. The van der Waals surface area contributed by atoms with Crippen LogP contribution in [-0.2, 0) is 11.2 Å². The van der Waals surface area contributed by atoms with Crippen LogP contribution in [-0.4, -0.2) is 28.6 Å². The topological polar surface area (TPSA) is 62.2 Å². The molecule has 0 aliphatic heterocycles. The maximum atomic E-state index is 11.7. The predicted molar refractivity (Wildman–Crippen MR) is 85.3 cm³/mol. The Bertz CT molecular complexity index is 591. The molecule has 112 valence electrons. The van der Waals surface area contributed by atoms with Crippen LogP contribution in [0.3, 0.4) is 0 Å². The van der Waals surface area contributed by atoms with E-state index in [4.69, 9.17) is 5.11 Å². The minimum atomic E-state index is -0.383. The van der Waals surface area contributed by atoms with E-state index in [2.05, 4.69) is 10.3 Å². The fraction of sp³-hybridized carbons (Fsp3) is 0.375. The van der Waals surface area contributed by atoms with Gasteiger partial charge in [0.1, 0.15) is 0 Å². The molecule has 0 bridgehead atoms. The zero-order chi connectivity index (χ0) is 15.2. The van der Waals surface area contributed by atoms with Gasteiger partial charge >= 0.3 is 0 Å². The van der Waals surface area contributed by atoms with Crippen LogP contribution in [0.5, 0.6) is 0 Å². The van der Waals surface area contributed by atoms with Crippen molar-refractivity contribution >= 4 is 17.2 Å². The Hall–Kier alpha value is -1.72. The highest BCUT2D eigenvalue weighted by molar-refractivity contribution is 7.09. The van der Waals surface area contributed by atoms with Gasteiger partial charge in [0.05, 0.1) is 23.2 Å². The highest BCUT2D eigenvalue weighted by atomic mass is 32.1. The number of hydrogen-bond acceptors (Lipinski definition) is 4. The SMILES string of the molecule is Cc1nc(-c2ccc(CC(=O)NCCC(C)O)cc2)cs1. The van der Waals surface area contributed by atoms with Crippen molar-refractivity contribution in [1.29, 1.82) is 0 Å². The maximum absolute atomic E-state index is 11.7. The summed E-state index contributed by atoms with van der Waals surface area (Å²) in [6, 6.07) is 7.90. The van der Waals surface area contributed by atoms with Crippen LogP contribution in [0.2, 0.25) is 0 Å². The molecule has 2 rings (SSSR count). The summed E-state index contributed by atoms with van der Waals surface area (Å²) >= 11 is 1.63. The standard InChI is InChI=1S/C16H20N2O2S/c1-11(19)7-8-17-16(20)9-13-3-5-14(6-4-13)15-10-21-12(2)18-15/h3-6,10-11,19H,7-9H2,1-2H3,(H,17,20). The molecule has 1 heterocycles. The molecule has 5 heteroatoms. The van der Waals surface area contributed by atoms with Gasteiger partial charge in [-0.05, 0) is 25.8 Å². The van der Waals surface area contributed by atoms with Gasteiger partial charge in [-0.1, -0.05) is 24.3 Å². The van der Waals surface area contributed by atoms with Gasteiger partial charge in [0.25, 0.3) is 0 Å². The summed E-state index contributed by atoms with van der Waals surface area (Å²) in [5.41, 5.74) is 3.02. The smallest absolute Gasteiger partial charge is 0.224 e. The lowest BCUT2D eigenvalue weighted by Gasteiger charge is -2.07. The first-order valence-electron chi connectivity index (χ1n) is 7.01. The molecule has 1 aromatic carbocycles. The first kappa shape index (κ1) is 15.7. The maximum Gasteiger partial charge on any atom is 0.224 e. The molecule has 2 N–H and O–H groups in total. The van der Waals surface area contributed by atoms with E-state index in [9.17, 15) is 4.79 Å². The Morgan fingerprint density at radius 2 is 2.10 bits per heavy atom. The van der Waals surface area contributed by atoms with Gasteiger partial charge in [-0.2, -0.15) is 0 Å². The second-order valence-corrected chi connectivity index (χ2v) is 6.18. The molecule has 1 unspecified atom stereocenters. The summed E-state index contributed by atoms with van der Waals surface area (Å²) in [4.78, 5) is 16.2. The summed E-state index contributed by atoms with van der Waals surface area (Å²) < 4.78 is 0. The van der Waals surface area contributed by atoms with Gasteiger partial charge in [0.15, 0.2) is 0 Å². The van der Waals surface area contributed by atoms with E-state index in [1.165, 1.54) is 0 Å². The Kier molecular flexibility index (Phi) is 5.47. The summed E-state index contributed by atoms with van der Waals surface area (Å²) in [5.74, 6) is -0.0205. The zero-order valence-corrected chi connectivity index (χ0v) is 13.1. The first-order chi connectivity index (χ1) is 10.0. The number of benzene rings is 1. The van der Waals surface area contributed by atoms with Crippen LogP contribution in [0.15, 0.2) is 29.6 Å². The van der Waals surface area contributed by atoms with Crippen LogP contribution in [0.25, 0.3) is 11.3 Å². The third kappa shape index (κ3) is 4.95. The van der Waals surface area contributed by atoms with E-state index in [1.807, 2.05) is 36.6 Å². The molecule has 0 spiro atoms. The van der Waals surface area contributed by atoms with E-state index in [0.717, 1.165) is 21.8 Å². The Morgan fingerprint density at radius 1 is 1.38 bits per heavy atom. The van der Waals surface area contributed by atoms with Crippen molar-refractivity contribution in [2.75, 3.05) is 6.54 Å². The van der Waals surface area contributed by atoms with Crippen LogP contribution in [0.4, 0.5) is 0 Å². The van der Waals surface area contributed by atoms with E-state index < -0.39 is 0 Å². The largest absolute Gasteiger partial charge is 0.393 e. The molecular weight excluding hydrogens is 284 g/mol. The van der Waals surface area contributed by atoms with Gasteiger partial charge in [-0.3, -0.25) is 4.79 Å². The van der Waals surface area contributed by atoms with Crippen molar-refractivity contribution < 1.29 is 9.90 Å². The van der Waals surface area contributed by atoms with Crippen molar-refractivity contribution in [3.05, 3.63) is 40.2 Å². The second kappa shape index (κ2) is 7.33. The van der Waals surface area contributed by atoms with Gasteiger partial charge in [-0.15, -0.1) is 11.3 Å². The summed E-state index contributed by atoms with van der Waals surface area (Å²) in [6.45, 7) is 4.21. The number of amides is 1. The van der Waals surface area contributed by atoms with Gasteiger partial charge in [0.2, 0.25) is 5.91 Å². The van der Waals surface area contributed by atoms with Crippen LogP contribution in [0, 0.1) is 6.92 Å². The van der Waals surface area contributed by atoms with Crippen molar-refractivity contribution in [3.8, 4) is 11.3 Å². The van der Waals surface area contributed by atoms with Gasteiger partial charge in [0, 0.05) is 17.5 Å². The molecule has 0 saturated carbocycles. The molecular formula is C16H20N2O2S. The third-order valence-electron chi connectivity index (χ3n) is 3.12. The number of aliphatic hydroxyl groups is 1. The lowest BCUT2D eigenvalue weighted by Crippen LogP contribution is -2.27. The van der Waals surface area contributed by atoms with Crippen molar-refractivity contribution in [1.82, 2.24) is 10.3 Å². The number of aromatic nitrogens is 1. The number of nitrogens with one attached hydrogen (secondary N) is 1. The number of hydrogen-bond donors (Lipinski definition) is 2. The van der Waals surface area contributed by atoms with E-state index >= 15 is 0 Å². The lowest BCUT2D eigenvalue weighted by molar-refractivity contribution is -0.120. The minimum Gasteiger partial charge on any atom is -0.393 e. The molecule has 2 aromatic rings. The third-order valence-corrected chi connectivity index (χ3v) is 3.89. The Labute approximate surface area is 128 Å². The number of thiazole rings is 1. The molecule has 0 fully saturated rings.